The van der Waals surface area contributed by atoms with E-state index >= 15 is 0 Å². The molecule has 0 saturated carbocycles. The van der Waals surface area contributed by atoms with Gasteiger partial charge in [0, 0.05) is 30.3 Å². The lowest BCUT2D eigenvalue weighted by molar-refractivity contribution is -0.122. The number of benzene rings is 1. The van der Waals surface area contributed by atoms with Gasteiger partial charge in [0.15, 0.2) is 11.6 Å². The summed E-state index contributed by atoms with van der Waals surface area (Å²) in [5, 5.41) is 6.59. The molecule has 1 aromatic heterocycles. The normalized spacial score (nSPS) is 17.2. The maximum atomic E-state index is 12.4. The number of aromatic nitrogens is 1. The topological polar surface area (TPSA) is 92.5 Å². The van der Waals surface area contributed by atoms with Crippen molar-refractivity contribution in [2.24, 2.45) is 5.92 Å². The first-order valence-corrected chi connectivity index (χ1v) is 7.59. The minimum absolute atomic E-state index is 0.0344. The molecule has 2 aromatic rings. The molecule has 0 aliphatic carbocycles. The van der Waals surface area contributed by atoms with Crippen LogP contribution in [0.3, 0.4) is 0 Å². The minimum atomic E-state index is -0.456. The second-order valence-corrected chi connectivity index (χ2v) is 5.82. The van der Waals surface area contributed by atoms with E-state index in [0.717, 1.165) is 0 Å². The molecule has 0 spiro atoms. The summed E-state index contributed by atoms with van der Waals surface area (Å²) in [5.74, 6) is 0.154. The van der Waals surface area contributed by atoms with Crippen molar-refractivity contribution in [2.75, 3.05) is 16.8 Å². The number of hydrogen-bond donors (Lipinski definition) is 1. The molecule has 1 fully saturated rings. The van der Waals surface area contributed by atoms with Crippen molar-refractivity contribution in [1.29, 1.82) is 0 Å². The van der Waals surface area contributed by atoms with Crippen molar-refractivity contribution in [1.82, 2.24) is 5.16 Å². The van der Waals surface area contributed by atoms with Gasteiger partial charge in [-0.2, -0.15) is 0 Å². The third-order valence-electron chi connectivity index (χ3n) is 3.95. The van der Waals surface area contributed by atoms with E-state index in [-0.39, 0.29) is 30.6 Å². The van der Waals surface area contributed by atoms with E-state index in [9.17, 15) is 14.4 Å². The van der Waals surface area contributed by atoms with Gasteiger partial charge in [0.25, 0.3) is 0 Å². The van der Waals surface area contributed by atoms with Crippen LogP contribution in [0.5, 0.6) is 0 Å². The maximum Gasteiger partial charge on any atom is 0.229 e. The fraction of sp³-hybridized carbons (Fsp3) is 0.294. The Bertz CT molecular complexity index is 794. The maximum absolute atomic E-state index is 12.4. The third kappa shape index (κ3) is 3.19. The summed E-state index contributed by atoms with van der Waals surface area (Å²) in [4.78, 5) is 37.2. The number of aryl methyl sites for hydroxylation is 1. The van der Waals surface area contributed by atoms with E-state index in [0.29, 0.717) is 22.8 Å². The van der Waals surface area contributed by atoms with Crippen molar-refractivity contribution in [2.45, 2.75) is 20.3 Å². The first-order chi connectivity index (χ1) is 11.4. The average Bonchev–Trinajstić information content (AvgIpc) is 3.13. The van der Waals surface area contributed by atoms with Crippen molar-refractivity contribution in [3.8, 4) is 0 Å². The Kier molecular flexibility index (Phi) is 4.16. The molecule has 1 aromatic carbocycles. The molecule has 1 aliphatic rings. The Labute approximate surface area is 138 Å². The van der Waals surface area contributed by atoms with Gasteiger partial charge in [0.05, 0.1) is 5.92 Å². The minimum Gasteiger partial charge on any atom is -0.360 e. The largest absolute Gasteiger partial charge is 0.360 e. The Balaban J connectivity index is 1.65. The molecule has 1 saturated heterocycles. The lowest BCUT2D eigenvalue weighted by atomic mass is 10.1. The number of Topliss-reactive ketones (excluding diaryl/α,β-unsaturated/α-hetero) is 1. The summed E-state index contributed by atoms with van der Waals surface area (Å²) in [7, 11) is 0. The lowest BCUT2D eigenvalue weighted by Crippen LogP contribution is -2.28. The zero-order valence-corrected chi connectivity index (χ0v) is 13.4. The number of amides is 2. The van der Waals surface area contributed by atoms with Crippen LogP contribution in [0.1, 0.15) is 29.5 Å². The number of nitrogens with zero attached hydrogens (tertiary/aromatic N) is 2. The lowest BCUT2D eigenvalue weighted by Gasteiger charge is -2.13. The van der Waals surface area contributed by atoms with Gasteiger partial charge in [-0.25, -0.2) is 0 Å². The SMILES string of the molecule is CC(=O)c1ccc(NC(=O)C2CC(=O)N(c3cc(C)on3)C2)cc1. The van der Waals surface area contributed by atoms with Gasteiger partial charge < -0.3 is 9.84 Å². The van der Waals surface area contributed by atoms with Gasteiger partial charge in [0.2, 0.25) is 11.8 Å². The predicted octanol–water partition coefficient (Wildman–Crippen LogP) is 2.18. The number of nitrogens with one attached hydrogen (secondary N) is 1. The van der Waals surface area contributed by atoms with E-state index in [1.165, 1.54) is 11.8 Å². The van der Waals surface area contributed by atoms with Crippen LogP contribution in [0.2, 0.25) is 0 Å². The summed E-state index contributed by atoms with van der Waals surface area (Å²) in [5.41, 5.74) is 1.17. The zero-order chi connectivity index (χ0) is 17.3. The van der Waals surface area contributed by atoms with Gasteiger partial charge in [-0.3, -0.25) is 19.3 Å². The van der Waals surface area contributed by atoms with E-state index in [1.807, 2.05) is 0 Å². The number of ketones is 1. The van der Waals surface area contributed by atoms with Crippen molar-refractivity contribution < 1.29 is 18.9 Å². The monoisotopic (exact) mass is 327 g/mol. The highest BCUT2D eigenvalue weighted by atomic mass is 16.5. The van der Waals surface area contributed by atoms with E-state index < -0.39 is 5.92 Å². The van der Waals surface area contributed by atoms with Gasteiger partial charge in [-0.1, -0.05) is 5.16 Å². The molecule has 1 unspecified atom stereocenters. The molecule has 24 heavy (non-hydrogen) atoms. The van der Waals surface area contributed by atoms with Crippen LogP contribution in [-0.2, 0) is 9.59 Å². The highest BCUT2D eigenvalue weighted by Gasteiger charge is 2.36. The summed E-state index contributed by atoms with van der Waals surface area (Å²) >= 11 is 0. The zero-order valence-electron chi connectivity index (χ0n) is 13.4. The van der Waals surface area contributed by atoms with Crippen molar-refractivity contribution in [3.63, 3.8) is 0 Å². The van der Waals surface area contributed by atoms with Crippen LogP contribution in [0.15, 0.2) is 34.9 Å². The van der Waals surface area contributed by atoms with Crippen LogP contribution < -0.4 is 10.2 Å². The quantitative estimate of drug-likeness (QED) is 0.869. The highest BCUT2D eigenvalue weighted by Crippen LogP contribution is 2.25. The first kappa shape index (κ1) is 15.9. The smallest absolute Gasteiger partial charge is 0.229 e. The van der Waals surface area contributed by atoms with E-state index in [2.05, 4.69) is 10.5 Å². The molecular weight excluding hydrogens is 310 g/mol. The average molecular weight is 327 g/mol. The Morgan fingerprint density at radius 3 is 2.58 bits per heavy atom. The molecule has 124 valence electrons. The molecule has 7 nitrogen and oxygen atoms in total. The highest BCUT2D eigenvalue weighted by molar-refractivity contribution is 6.03. The molecule has 1 aliphatic heterocycles. The van der Waals surface area contributed by atoms with Crippen molar-refractivity contribution >= 4 is 29.1 Å². The van der Waals surface area contributed by atoms with Crippen LogP contribution >= 0.6 is 0 Å². The molecule has 1 N–H and O–H groups in total. The van der Waals surface area contributed by atoms with Gasteiger partial charge in [0.1, 0.15) is 5.76 Å². The Morgan fingerprint density at radius 2 is 2.00 bits per heavy atom. The molecule has 2 amide bonds. The van der Waals surface area contributed by atoms with Gasteiger partial charge in [-0.05, 0) is 38.1 Å². The van der Waals surface area contributed by atoms with Crippen LogP contribution in [0.25, 0.3) is 0 Å². The Hall–Kier alpha value is -2.96. The molecular formula is C17H17N3O4. The molecule has 0 bridgehead atoms. The standard InChI is InChI=1S/C17H17N3O4/c1-10-7-15(19-24-10)20-9-13(8-16(20)22)17(23)18-14-5-3-12(4-6-14)11(2)21/h3-7,13H,8-9H2,1-2H3,(H,18,23). The fourth-order valence-corrected chi connectivity index (χ4v) is 2.62. The first-order valence-electron chi connectivity index (χ1n) is 7.59. The van der Waals surface area contributed by atoms with Crippen LogP contribution in [0, 0.1) is 12.8 Å². The number of hydrogen-bond acceptors (Lipinski definition) is 5. The van der Waals surface area contributed by atoms with Crippen LogP contribution in [0.4, 0.5) is 11.5 Å². The predicted molar refractivity (Wildman–Crippen MR) is 86.8 cm³/mol. The van der Waals surface area contributed by atoms with E-state index in [4.69, 9.17) is 4.52 Å². The summed E-state index contributed by atoms with van der Waals surface area (Å²) in [6, 6.07) is 8.32. The number of carbonyl (C=O) groups is 3. The molecule has 7 heteroatoms. The second kappa shape index (κ2) is 6.27. The number of anilines is 2. The molecule has 1 atom stereocenters. The Morgan fingerprint density at radius 1 is 1.29 bits per heavy atom. The summed E-state index contributed by atoms with van der Waals surface area (Å²) in [6.07, 6.45) is 0.128. The van der Waals surface area contributed by atoms with Crippen molar-refractivity contribution in [3.05, 3.63) is 41.7 Å². The van der Waals surface area contributed by atoms with Gasteiger partial charge in [-0.15, -0.1) is 0 Å². The van der Waals surface area contributed by atoms with E-state index in [1.54, 1.807) is 37.3 Å². The fourth-order valence-electron chi connectivity index (χ4n) is 2.62. The molecule has 3 rings (SSSR count). The third-order valence-corrected chi connectivity index (χ3v) is 3.95. The molecule has 2 heterocycles. The number of carbonyl (C=O) groups excluding carboxylic acids is 3. The van der Waals surface area contributed by atoms with Gasteiger partial charge >= 0.3 is 0 Å². The summed E-state index contributed by atoms with van der Waals surface area (Å²) < 4.78 is 4.98. The second-order valence-electron chi connectivity index (χ2n) is 5.82. The number of rotatable bonds is 4. The molecule has 0 radical (unpaired) electrons. The summed E-state index contributed by atoms with van der Waals surface area (Å²) in [6.45, 7) is 3.49. The van der Waals surface area contributed by atoms with Crippen LogP contribution in [-0.4, -0.2) is 29.3 Å².